The maximum absolute atomic E-state index is 10.9. The van der Waals surface area contributed by atoms with Gasteiger partial charge in [-0.2, -0.15) is 17.0 Å². The van der Waals surface area contributed by atoms with Crippen LogP contribution in [-0.2, 0) is 4.79 Å². The fraction of sp³-hybridized carbons (Fsp3) is 0.500. The van der Waals surface area contributed by atoms with Crippen LogP contribution in [0.25, 0.3) is 0 Å². The van der Waals surface area contributed by atoms with Gasteiger partial charge in [0.1, 0.15) is 11.8 Å². The van der Waals surface area contributed by atoms with E-state index < -0.39 is 5.97 Å². The molecule has 0 radical (unpaired) electrons. The maximum atomic E-state index is 10.9. The van der Waals surface area contributed by atoms with E-state index in [-0.39, 0.29) is 12.5 Å². The van der Waals surface area contributed by atoms with Crippen LogP contribution in [0.5, 0.6) is 0 Å². The van der Waals surface area contributed by atoms with E-state index in [0.29, 0.717) is 23.9 Å². The molecule has 0 bridgehead atoms. The Morgan fingerprint density at radius 2 is 2.47 bits per heavy atom. The second-order valence-electron chi connectivity index (χ2n) is 4.33. The number of rotatable bonds is 3. The van der Waals surface area contributed by atoms with Crippen LogP contribution >= 0.6 is 11.8 Å². The van der Waals surface area contributed by atoms with Crippen LogP contribution in [0.2, 0.25) is 0 Å². The number of carboxylic acids is 1. The van der Waals surface area contributed by atoms with Crippen LogP contribution in [-0.4, -0.2) is 45.1 Å². The molecule has 0 aromatic carbocycles. The van der Waals surface area contributed by atoms with Crippen LogP contribution in [0.15, 0.2) is 6.07 Å². The Morgan fingerprint density at radius 1 is 1.68 bits per heavy atom. The lowest BCUT2D eigenvalue weighted by Gasteiger charge is -2.34. The number of aliphatic carboxylic acids is 1. The molecule has 0 saturated carbocycles. The van der Waals surface area contributed by atoms with E-state index in [2.05, 4.69) is 9.97 Å². The van der Waals surface area contributed by atoms with Gasteiger partial charge < -0.3 is 10.0 Å². The Balaban J connectivity index is 2.29. The number of nitrogens with zero attached hydrogens (tertiary/aromatic N) is 4. The predicted molar refractivity (Wildman–Crippen MR) is 72.2 cm³/mol. The summed E-state index contributed by atoms with van der Waals surface area (Å²) in [4.78, 5) is 21.3. The zero-order chi connectivity index (χ0) is 13.8. The van der Waals surface area contributed by atoms with Crippen LogP contribution in [0.4, 0.5) is 5.95 Å². The Bertz CT molecular complexity index is 529. The van der Waals surface area contributed by atoms with Crippen molar-refractivity contribution >= 4 is 23.7 Å². The number of aromatic nitrogens is 2. The molecule has 1 aromatic heterocycles. The third-order valence-electron chi connectivity index (χ3n) is 2.85. The average molecular weight is 278 g/mol. The molecule has 0 amide bonds. The number of carbonyl (C=O) groups is 1. The summed E-state index contributed by atoms with van der Waals surface area (Å²) in [6.07, 6.45) is 0.0617. The van der Waals surface area contributed by atoms with Crippen molar-refractivity contribution in [1.29, 1.82) is 5.26 Å². The Morgan fingerprint density at radius 3 is 3.16 bits per heavy atom. The van der Waals surface area contributed by atoms with Crippen molar-refractivity contribution in [2.75, 3.05) is 23.0 Å². The average Bonchev–Trinajstić information content (AvgIpc) is 2.38. The lowest BCUT2D eigenvalue weighted by atomic mass is 10.2. The fourth-order valence-corrected chi connectivity index (χ4v) is 3.09. The lowest BCUT2D eigenvalue weighted by Crippen LogP contribution is -2.44. The molecular formula is C12H14N4O2S. The number of hydrogen-bond acceptors (Lipinski definition) is 6. The molecule has 1 aliphatic heterocycles. The molecule has 100 valence electrons. The van der Waals surface area contributed by atoms with E-state index in [0.717, 1.165) is 11.5 Å². The molecule has 1 aliphatic rings. The van der Waals surface area contributed by atoms with Crippen LogP contribution in [0.3, 0.4) is 0 Å². The number of nitriles is 1. The summed E-state index contributed by atoms with van der Waals surface area (Å²) in [6, 6.07) is 3.50. The second kappa shape index (κ2) is 5.89. The van der Waals surface area contributed by atoms with Gasteiger partial charge in [0.15, 0.2) is 0 Å². The maximum Gasteiger partial charge on any atom is 0.305 e. The van der Waals surface area contributed by atoms with Gasteiger partial charge in [0.05, 0.1) is 12.5 Å². The Labute approximate surface area is 115 Å². The topological polar surface area (TPSA) is 90.1 Å². The molecule has 1 unspecified atom stereocenters. The van der Waals surface area contributed by atoms with Gasteiger partial charge in [0.25, 0.3) is 0 Å². The first kappa shape index (κ1) is 13.6. The first-order valence-electron chi connectivity index (χ1n) is 5.92. The van der Waals surface area contributed by atoms with Gasteiger partial charge in [0.2, 0.25) is 5.95 Å². The zero-order valence-corrected chi connectivity index (χ0v) is 11.4. The van der Waals surface area contributed by atoms with Gasteiger partial charge in [0, 0.05) is 23.7 Å². The van der Waals surface area contributed by atoms with Crippen LogP contribution in [0, 0.1) is 18.3 Å². The summed E-state index contributed by atoms with van der Waals surface area (Å²) >= 11 is 1.73. The molecule has 1 N–H and O–H groups in total. The summed E-state index contributed by atoms with van der Waals surface area (Å²) in [6.45, 7) is 2.51. The molecule has 1 fully saturated rings. The summed E-state index contributed by atoms with van der Waals surface area (Å²) in [5.41, 5.74) is 1.03. The molecule has 7 heteroatoms. The Hall–Kier alpha value is -1.81. The molecule has 1 aromatic rings. The smallest absolute Gasteiger partial charge is 0.305 e. The first-order chi connectivity index (χ1) is 9.10. The minimum absolute atomic E-state index is 0.0617. The summed E-state index contributed by atoms with van der Waals surface area (Å²) in [5, 5.41) is 17.9. The van der Waals surface area contributed by atoms with Crippen molar-refractivity contribution in [2.45, 2.75) is 19.4 Å². The first-order valence-corrected chi connectivity index (χ1v) is 7.07. The highest BCUT2D eigenvalue weighted by Crippen LogP contribution is 2.23. The van der Waals surface area contributed by atoms with Crippen molar-refractivity contribution in [3.05, 3.63) is 17.5 Å². The molecule has 6 nitrogen and oxygen atoms in total. The molecule has 2 rings (SSSR count). The lowest BCUT2D eigenvalue weighted by molar-refractivity contribution is -0.137. The van der Waals surface area contributed by atoms with Crippen molar-refractivity contribution in [2.24, 2.45) is 0 Å². The standard InChI is InChI=1S/C12H14N4O2S/c1-8-4-9(6-13)15-12(14-8)16-2-3-19-7-10(16)5-11(17)18/h4,10H,2-3,5,7H2,1H3,(H,17,18). The van der Waals surface area contributed by atoms with Crippen molar-refractivity contribution in [3.8, 4) is 6.07 Å². The van der Waals surface area contributed by atoms with E-state index in [4.69, 9.17) is 10.4 Å². The van der Waals surface area contributed by atoms with Gasteiger partial charge in [-0.05, 0) is 13.0 Å². The molecular weight excluding hydrogens is 264 g/mol. The SMILES string of the molecule is Cc1cc(C#N)nc(N2CCSCC2CC(=O)O)n1. The van der Waals surface area contributed by atoms with E-state index in [9.17, 15) is 4.79 Å². The highest BCUT2D eigenvalue weighted by atomic mass is 32.2. The van der Waals surface area contributed by atoms with Crippen molar-refractivity contribution in [1.82, 2.24) is 9.97 Å². The zero-order valence-electron chi connectivity index (χ0n) is 10.5. The molecule has 0 spiro atoms. The van der Waals surface area contributed by atoms with Gasteiger partial charge >= 0.3 is 5.97 Å². The van der Waals surface area contributed by atoms with Crippen LogP contribution in [0.1, 0.15) is 17.8 Å². The number of thioether (sulfide) groups is 1. The molecule has 2 heterocycles. The minimum Gasteiger partial charge on any atom is -0.481 e. The third-order valence-corrected chi connectivity index (χ3v) is 3.94. The largest absolute Gasteiger partial charge is 0.481 e. The Kier molecular flexibility index (Phi) is 4.22. The van der Waals surface area contributed by atoms with Crippen molar-refractivity contribution < 1.29 is 9.90 Å². The predicted octanol–water partition coefficient (Wildman–Crippen LogP) is 1.05. The minimum atomic E-state index is -0.828. The quantitative estimate of drug-likeness (QED) is 0.883. The van der Waals surface area contributed by atoms with E-state index in [1.54, 1.807) is 24.8 Å². The fourth-order valence-electron chi connectivity index (χ4n) is 2.03. The number of hydrogen-bond donors (Lipinski definition) is 1. The second-order valence-corrected chi connectivity index (χ2v) is 5.48. The van der Waals surface area contributed by atoms with E-state index >= 15 is 0 Å². The van der Waals surface area contributed by atoms with Gasteiger partial charge in [-0.25, -0.2) is 9.97 Å². The molecule has 0 aliphatic carbocycles. The number of aryl methyl sites for hydroxylation is 1. The van der Waals surface area contributed by atoms with E-state index in [1.165, 1.54) is 0 Å². The summed E-state index contributed by atoms with van der Waals surface area (Å²) in [5.74, 6) is 1.29. The van der Waals surface area contributed by atoms with Gasteiger partial charge in [-0.3, -0.25) is 4.79 Å². The monoisotopic (exact) mass is 278 g/mol. The summed E-state index contributed by atoms with van der Waals surface area (Å²) in [7, 11) is 0. The van der Waals surface area contributed by atoms with Crippen molar-refractivity contribution in [3.63, 3.8) is 0 Å². The highest BCUT2D eigenvalue weighted by Gasteiger charge is 2.27. The normalized spacial score (nSPS) is 18.9. The van der Waals surface area contributed by atoms with Gasteiger partial charge in [-0.1, -0.05) is 0 Å². The van der Waals surface area contributed by atoms with E-state index in [1.807, 2.05) is 11.0 Å². The summed E-state index contributed by atoms with van der Waals surface area (Å²) < 4.78 is 0. The number of anilines is 1. The molecule has 1 saturated heterocycles. The molecule has 19 heavy (non-hydrogen) atoms. The van der Waals surface area contributed by atoms with Gasteiger partial charge in [-0.15, -0.1) is 0 Å². The highest BCUT2D eigenvalue weighted by molar-refractivity contribution is 7.99. The third kappa shape index (κ3) is 3.35. The number of carboxylic acid groups (broad SMARTS) is 1. The molecule has 1 atom stereocenters. The van der Waals surface area contributed by atoms with Crippen LogP contribution < -0.4 is 4.90 Å².